The van der Waals surface area contributed by atoms with Crippen LogP contribution in [0.15, 0.2) is 4.99 Å². The first-order chi connectivity index (χ1) is 8.34. The van der Waals surface area contributed by atoms with Crippen molar-refractivity contribution < 1.29 is 0 Å². The van der Waals surface area contributed by atoms with Gasteiger partial charge in [-0.3, -0.25) is 4.99 Å². The monoisotopic (exact) mass is 383 g/mol. The number of nitrogens with one attached hydrogen (secondary N) is 1. The summed E-state index contributed by atoms with van der Waals surface area (Å²) in [6.45, 7) is 0.899. The summed E-state index contributed by atoms with van der Waals surface area (Å²) in [4.78, 5) is 4.50. The van der Waals surface area contributed by atoms with Crippen LogP contribution in [-0.2, 0) is 0 Å². The molecule has 1 unspecified atom stereocenters. The van der Waals surface area contributed by atoms with Crippen molar-refractivity contribution in [1.82, 2.24) is 5.32 Å². The van der Waals surface area contributed by atoms with Gasteiger partial charge < -0.3 is 11.1 Å². The van der Waals surface area contributed by atoms with E-state index >= 15 is 0 Å². The number of nitrogens with zero attached hydrogens (tertiary/aromatic N) is 1. The molecule has 1 saturated heterocycles. The summed E-state index contributed by atoms with van der Waals surface area (Å²) in [6.07, 6.45) is 10.6. The Morgan fingerprint density at radius 1 is 1.11 bits per heavy atom. The summed E-state index contributed by atoms with van der Waals surface area (Å²) in [5.74, 6) is 1.97. The van der Waals surface area contributed by atoms with Crippen LogP contribution in [0.1, 0.15) is 51.4 Å². The van der Waals surface area contributed by atoms with Crippen molar-refractivity contribution in [1.29, 1.82) is 0 Å². The third-order valence-corrected chi connectivity index (χ3v) is 5.08. The molecule has 0 aromatic heterocycles. The van der Waals surface area contributed by atoms with E-state index in [1.807, 2.05) is 0 Å². The number of aliphatic imine (C=N–C) groups is 1. The zero-order valence-electron chi connectivity index (χ0n) is 11.1. The predicted molar refractivity (Wildman–Crippen MR) is 92.0 cm³/mol. The van der Waals surface area contributed by atoms with Crippen molar-refractivity contribution >= 4 is 41.7 Å². The standard InChI is InChI=1S/C13H25N3S.HI/c14-13(16-11-6-2-1-3-7-11)15-10-12-8-4-5-9-17-12;/h11-12H,1-10H2,(H3,14,15,16);1H. The molecule has 0 spiro atoms. The molecular formula is C13H26IN3S. The average molecular weight is 383 g/mol. The molecule has 2 fully saturated rings. The molecule has 1 aliphatic heterocycles. The first-order valence-corrected chi connectivity index (χ1v) is 8.07. The van der Waals surface area contributed by atoms with Crippen LogP contribution in [0.2, 0.25) is 0 Å². The van der Waals surface area contributed by atoms with Crippen LogP contribution in [0.3, 0.4) is 0 Å². The Kier molecular flexibility index (Phi) is 8.46. The minimum absolute atomic E-state index is 0. The minimum Gasteiger partial charge on any atom is -0.370 e. The van der Waals surface area contributed by atoms with Gasteiger partial charge in [-0.1, -0.05) is 25.7 Å². The lowest BCUT2D eigenvalue weighted by atomic mass is 9.96. The second-order valence-corrected chi connectivity index (χ2v) is 6.60. The maximum Gasteiger partial charge on any atom is 0.188 e. The Labute approximate surface area is 132 Å². The van der Waals surface area contributed by atoms with Gasteiger partial charge in [0.05, 0.1) is 6.54 Å². The van der Waals surface area contributed by atoms with Gasteiger partial charge in [0.25, 0.3) is 0 Å². The van der Waals surface area contributed by atoms with Crippen molar-refractivity contribution in [2.75, 3.05) is 12.3 Å². The Hall–Kier alpha value is 0.350. The largest absolute Gasteiger partial charge is 0.370 e. The molecule has 5 heteroatoms. The van der Waals surface area contributed by atoms with E-state index in [0.29, 0.717) is 17.3 Å². The lowest BCUT2D eigenvalue weighted by molar-refractivity contribution is 0.412. The zero-order valence-corrected chi connectivity index (χ0v) is 14.2. The van der Waals surface area contributed by atoms with Crippen LogP contribution in [0.5, 0.6) is 0 Å². The van der Waals surface area contributed by atoms with E-state index in [0.717, 1.165) is 6.54 Å². The number of guanidine groups is 1. The number of hydrogen-bond acceptors (Lipinski definition) is 2. The molecule has 1 saturated carbocycles. The van der Waals surface area contributed by atoms with Gasteiger partial charge in [-0.25, -0.2) is 0 Å². The lowest BCUT2D eigenvalue weighted by Gasteiger charge is -2.24. The molecule has 0 bridgehead atoms. The molecule has 2 aliphatic rings. The van der Waals surface area contributed by atoms with Gasteiger partial charge in [0.15, 0.2) is 5.96 Å². The Balaban J connectivity index is 0.00000162. The fraction of sp³-hybridized carbons (Fsp3) is 0.923. The maximum absolute atomic E-state index is 5.95. The lowest BCUT2D eigenvalue weighted by Crippen LogP contribution is -2.41. The van der Waals surface area contributed by atoms with E-state index in [1.54, 1.807) is 0 Å². The summed E-state index contributed by atoms with van der Waals surface area (Å²) in [5.41, 5.74) is 5.95. The number of thioether (sulfide) groups is 1. The summed E-state index contributed by atoms with van der Waals surface area (Å²) < 4.78 is 0. The SMILES string of the molecule is I.NC(=NCC1CCCCS1)NC1CCCCC1. The predicted octanol–water partition coefficient (Wildman–Crippen LogP) is 3.13. The van der Waals surface area contributed by atoms with Crippen LogP contribution in [0.25, 0.3) is 0 Å². The summed E-state index contributed by atoms with van der Waals surface area (Å²) >= 11 is 2.06. The van der Waals surface area contributed by atoms with Crippen molar-refractivity contribution in [2.24, 2.45) is 10.7 Å². The van der Waals surface area contributed by atoms with Crippen LogP contribution < -0.4 is 11.1 Å². The van der Waals surface area contributed by atoms with Crippen molar-refractivity contribution in [3.05, 3.63) is 0 Å². The van der Waals surface area contributed by atoms with Gasteiger partial charge in [0.1, 0.15) is 0 Å². The van der Waals surface area contributed by atoms with E-state index in [4.69, 9.17) is 5.73 Å². The third-order valence-electron chi connectivity index (χ3n) is 3.70. The van der Waals surface area contributed by atoms with Crippen LogP contribution in [-0.4, -0.2) is 29.5 Å². The normalized spacial score (nSPS) is 26.4. The molecule has 18 heavy (non-hydrogen) atoms. The second kappa shape index (κ2) is 9.28. The molecule has 0 aromatic carbocycles. The number of hydrogen-bond donors (Lipinski definition) is 2. The number of nitrogens with two attached hydrogens (primary N) is 1. The van der Waals surface area contributed by atoms with E-state index in [1.165, 1.54) is 57.1 Å². The van der Waals surface area contributed by atoms with E-state index in [2.05, 4.69) is 22.1 Å². The van der Waals surface area contributed by atoms with E-state index in [-0.39, 0.29) is 24.0 Å². The highest BCUT2D eigenvalue weighted by Gasteiger charge is 2.15. The fourth-order valence-corrected chi connectivity index (χ4v) is 3.87. The molecule has 1 heterocycles. The van der Waals surface area contributed by atoms with Gasteiger partial charge in [0, 0.05) is 11.3 Å². The van der Waals surface area contributed by atoms with E-state index < -0.39 is 0 Å². The molecule has 2 rings (SSSR count). The molecule has 3 nitrogen and oxygen atoms in total. The van der Waals surface area contributed by atoms with Crippen LogP contribution >= 0.6 is 35.7 Å². The van der Waals surface area contributed by atoms with Gasteiger partial charge in [-0.05, 0) is 31.4 Å². The Bertz CT molecular complexity index is 249. The van der Waals surface area contributed by atoms with Crippen LogP contribution in [0, 0.1) is 0 Å². The molecular weight excluding hydrogens is 357 g/mol. The first-order valence-electron chi connectivity index (χ1n) is 7.02. The highest BCUT2D eigenvalue weighted by Crippen LogP contribution is 2.25. The third kappa shape index (κ3) is 5.99. The smallest absolute Gasteiger partial charge is 0.188 e. The molecule has 3 N–H and O–H groups in total. The maximum atomic E-state index is 5.95. The molecule has 1 atom stereocenters. The molecule has 0 radical (unpaired) electrons. The molecule has 0 amide bonds. The summed E-state index contributed by atoms with van der Waals surface area (Å²) in [6, 6.07) is 0.575. The van der Waals surface area contributed by atoms with Gasteiger partial charge in [-0.2, -0.15) is 11.8 Å². The van der Waals surface area contributed by atoms with Crippen molar-refractivity contribution in [2.45, 2.75) is 62.7 Å². The van der Waals surface area contributed by atoms with Crippen molar-refractivity contribution in [3.63, 3.8) is 0 Å². The molecule has 106 valence electrons. The fourth-order valence-electron chi connectivity index (χ4n) is 2.65. The number of rotatable bonds is 3. The van der Waals surface area contributed by atoms with Gasteiger partial charge in [-0.15, -0.1) is 24.0 Å². The topological polar surface area (TPSA) is 50.4 Å². The first kappa shape index (κ1) is 16.4. The second-order valence-electron chi connectivity index (χ2n) is 5.19. The molecule has 1 aliphatic carbocycles. The molecule has 0 aromatic rings. The quantitative estimate of drug-likeness (QED) is 0.447. The van der Waals surface area contributed by atoms with Gasteiger partial charge >= 0.3 is 0 Å². The van der Waals surface area contributed by atoms with E-state index in [9.17, 15) is 0 Å². The van der Waals surface area contributed by atoms with Crippen molar-refractivity contribution in [3.8, 4) is 0 Å². The highest BCUT2D eigenvalue weighted by molar-refractivity contribution is 14.0. The summed E-state index contributed by atoms with van der Waals surface area (Å²) in [5, 5.41) is 4.08. The Morgan fingerprint density at radius 2 is 1.83 bits per heavy atom. The van der Waals surface area contributed by atoms with Crippen LogP contribution in [0.4, 0.5) is 0 Å². The zero-order chi connectivity index (χ0) is 11.9. The average Bonchev–Trinajstić information content (AvgIpc) is 2.39. The Morgan fingerprint density at radius 3 is 2.50 bits per heavy atom. The number of halogens is 1. The highest BCUT2D eigenvalue weighted by atomic mass is 127. The minimum atomic E-state index is 0. The summed E-state index contributed by atoms with van der Waals surface area (Å²) in [7, 11) is 0. The van der Waals surface area contributed by atoms with Gasteiger partial charge in [0.2, 0.25) is 0 Å².